The van der Waals surface area contributed by atoms with E-state index in [1.807, 2.05) is 0 Å². The Hall–Kier alpha value is -2.62. The molecule has 0 saturated carbocycles. The van der Waals surface area contributed by atoms with Gasteiger partial charge in [0.15, 0.2) is 0 Å². The van der Waals surface area contributed by atoms with E-state index in [-0.39, 0.29) is 12.3 Å². The summed E-state index contributed by atoms with van der Waals surface area (Å²) in [5, 5.41) is 1.60. The highest BCUT2D eigenvalue weighted by Gasteiger charge is 2.46. The highest BCUT2D eigenvalue weighted by Crippen LogP contribution is 2.47. The number of rotatable bonds is 5. The van der Waals surface area contributed by atoms with E-state index in [4.69, 9.17) is 16.3 Å². The summed E-state index contributed by atoms with van der Waals surface area (Å²) in [5.74, 6) is -5.73. The number of benzene rings is 1. The molecule has 0 bridgehead atoms. The maximum absolute atomic E-state index is 14.8. The van der Waals surface area contributed by atoms with Gasteiger partial charge in [-0.3, -0.25) is 0 Å². The topological polar surface area (TPSA) is 64.6 Å². The van der Waals surface area contributed by atoms with Gasteiger partial charge in [-0.25, -0.2) is 18.4 Å². The molecule has 2 rings (SSSR count). The molecule has 1 N–H and O–H groups in total. The molecule has 0 radical (unpaired) electrons. The van der Waals surface area contributed by atoms with E-state index < -0.39 is 69.5 Å². The minimum Gasteiger partial charge on any atom is -0.466 e. The summed E-state index contributed by atoms with van der Waals surface area (Å²) in [7, 11) is 0.913. The van der Waals surface area contributed by atoms with Crippen molar-refractivity contribution in [1.29, 1.82) is 0 Å². The van der Waals surface area contributed by atoms with Crippen LogP contribution in [0.25, 0.3) is 0 Å². The van der Waals surface area contributed by atoms with Crippen molar-refractivity contribution in [3.63, 3.8) is 0 Å². The Morgan fingerprint density at radius 2 is 1.83 bits per heavy atom. The van der Waals surface area contributed by atoms with Crippen LogP contribution < -0.4 is 5.32 Å². The Labute approximate surface area is 173 Å². The van der Waals surface area contributed by atoms with Crippen molar-refractivity contribution in [3.05, 3.63) is 56.6 Å². The fourth-order valence-corrected chi connectivity index (χ4v) is 3.53. The number of hydrogen-bond donors (Lipinski definition) is 1. The first kappa shape index (κ1) is 23.7. The smallest absolute Gasteiger partial charge is 0.418 e. The summed E-state index contributed by atoms with van der Waals surface area (Å²) >= 11 is 5.72. The molecule has 0 aliphatic carbocycles. The Bertz CT molecular complexity index is 940. The van der Waals surface area contributed by atoms with E-state index in [9.17, 15) is 31.5 Å². The first-order valence-electron chi connectivity index (χ1n) is 8.56. The second kappa shape index (κ2) is 9.03. The monoisotopic (exact) mass is 453 g/mol. The molecule has 0 aromatic heterocycles. The molecule has 0 spiro atoms. The van der Waals surface area contributed by atoms with Crippen molar-refractivity contribution in [3.8, 4) is 0 Å². The number of halogens is 6. The number of allylic oxidation sites excluding steroid dienone is 2. The van der Waals surface area contributed by atoms with Crippen LogP contribution in [0, 0.1) is 5.82 Å². The maximum atomic E-state index is 14.8. The number of dihydropyridines is 1. The van der Waals surface area contributed by atoms with Gasteiger partial charge in [-0.05, 0) is 26.0 Å². The zero-order valence-corrected chi connectivity index (χ0v) is 16.8. The number of esters is 2. The van der Waals surface area contributed by atoms with Gasteiger partial charge in [0.05, 0.1) is 47.1 Å². The van der Waals surface area contributed by atoms with Crippen LogP contribution in [-0.4, -0.2) is 32.3 Å². The first-order valence-corrected chi connectivity index (χ1v) is 8.94. The molecule has 1 aliphatic rings. The quantitative estimate of drug-likeness (QED) is 0.528. The van der Waals surface area contributed by atoms with Crippen molar-refractivity contribution in [1.82, 2.24) is 5.32 Å². The van der Waals surface area contributed by atoms with E-state index in [0.717, 1.165) is 7.11 Å². The van der Waals surface area contributed by atoms with E-state index in [0.29, 0.717) is 12.1 Å². The van der Waals surface area contributed by atoms with E-state index in [2.05, 4.69) is 10.1 Å². The molecule has 0 fully saturated rings. The van der Waals surface area contributed by atoms with Gasteiger partial charge >= 0.3 is 18.1 Å². The Balaban J connectivity index is 2.99. The third kappa shape index (κ3) is 4.28. The standard InChI is InChI=1S/C19H17ClF5NO4/c1-4-30-18(28)12-8(2)26-11(7-21)14(17(27)29-3)15(12)13-10(22)6-5-9(20)16(13)19(23,24)25/h5-6,15,26H,4,7H2,1-3H3. The highest BCUT2D eigenvalue weighted by molar-refractivity contribution is 6.31. The van der Waals surface area contributed by atoms with Gasteiger partial charge < -0.3 is 14.8 Å². The van der Waals surface area contributed by atoms with Crippen LogP contribution in [-0.2, 0) is 25.2 Å². The van der Waals surface area contributed by atoms with Crippen LogP contribution in [0.5, 0.6) is 0 Å². The SMILES string of the molecule is CCOC(=O)C1=C(C)NC(CF)=C(C(=O)OC)C1c1c(F)ccc(Cl)c1C(F)(F)F. The molecule has 11 heteroatoms. The molecule has 1 heterocycles. The van der Waals surface area contributed by atoms with Crippen molar-refractivity contribution in [2.45, 2.75) is 25.9 Å². The van der Waals surface area contributed by atoms with Gasteiger partial charge in [-0.15, -0.1) is 0 Å². The molecule has 1 aromatic carbocycles. The molecular weight excluding hydrogens is 437 g/mol. The predicted octanol–water partition coefficient (Wildman–Crippen LogP) is 4.42. The molecule has 5 nitrogen and oxygen atoms in total. The van der Waals surface area contributed by atoms with Crippen molar-refractivity contribution >= 4 is 23.5 Å². The molecular formula is C19H17ClF5NO4. The molecule has 1 aromatic rings. The van der Waals surface area contributed by atoms with Gasteiger partial charge in [-0.1, -0.05) is 11.6 Å². The zero-order valence-electron chi connectivity index (χ0n) is 16.0. The number of nitrogens with one attached hydrogen (secondary N) is 1. The van der Waals surface area contributed by atoms with E-state index in [1.165, 1.54) is 13.8 Å². The summed E-state index contributed by atoms with van der Waals surface area (Å²) in [6, 6.07) is 1.36. The van der Waals surface area contributed by atoms with Gasteiger partial charge in [0, 0.05) is 11.3 Å². The predicted molar refractivity (Wildman–Crippen MR) is 96.6 cm³/mol. The number of alkyl halides is 4. The molecule has 1 aliphatic heterocycles. The second-order valence-corrected chi connectivity index (χ2v) is 6.56. The Kier molecular flexibility index (Phi) is 7.12. The van der Waals surface area contributed by atoms with E-state index in [1.54, 1.807) is 0 Å². The molecule has 1 atom stereocenters. The van der Waals surface area contributed by atoms with Crippen LogP contribution in [0.2, 0.25) is 5.02 Å². The average Bonchev–Trinajstić information content (AvgIpc) is 2.67. The zero-order chi connectivity index (χ0) is 22.8. The molecule has 30 heavy (non-hydrogen) atoms. The van der Waals surface area contributed by atoms with Crippen molar-refractivity contribution < 1.29 is 41.0 Å². The first-order chi connectivity index (χ1) is 14.0. The van der Waals surface area contributed by atoms with Crippen molar-refractivity contribution in [2.75, 3.05) is 20.4 Å². The lowest BCUT2D eigenvalue weighted by atomic mass is 9.78. The number of carbonyl (C=O) groups is 2. The fraction of sp³-hybridized carbons (Fsp3) is 0.368. The summed E-state index contributed by atoms with van der Waals surface area (Å²) in [5.41, 5.74) is -4.46. The second-order valence-electron chi connectivity index (χ2n) is 6.15. The summed E-state index contributed by atoms with van der Waals surface area (Å²) in [6.07, 6.45) is -5.15. The summed E-state index contributed by atoms with van der Waals surface area (Å²) < 4.78 is 79.4. The number of ether oxygens (including phenoxy) is 2. The molecule has 1 unspecified atom stereocenters. The fourth-order valence-electron chi connectivity index (χ4n) is 3.26. The lowest BCUT2D eigenvalue weighted by Crippen LogP contribution is -2.35. The van der Waals surface area contributed by atoms with Gasteiger partial charge in [-0.2, -0.15) is 13.2 Å². The third-order valence-electron chi connectivity index (χ3n) is 4.39. The maximum Gasteiger partial charge on any atom is 0.418 e. The van der Waals surface area contributed by atoms with Crippen LogP contribution in [0.3, 0.4) is 0 Å². The number of carbonyl (C=O) groups excluding carboxylic acids is 2. The normalized spacial score (nSPS) is 17.0. The average molecular weight is 454 g/mol. The highest BCUT2D eigenvalue weighted by atomic mass is 35.5. The van der Waals surface area contributed by atoms with Gasteiger partial charge in [0.25, 0.3) is 0 Å². The largest absolute Gasteiger partial charge is 0.466 e. The minimum absolute atomic E-state index is 0.105. The number of methoxy groups -OCH3 is 1. The molecule has 164 valence electrons. The van der Waals surface area contributed by atoms with Gasteiger partial charge in [0.2, 0.25) is 0 Å². The van der Waals surface area contributed by atoms with Gasteiger partial charge in [0.1, 0.15) is 12.5 Å². The number of hydrogen-bond acceptors (Lipinski definition) is 5. The Morgan fingerprint density at radius 3 is 2.33 bits per heavy atom. The summed E-state index contributed by atoms with van der Waals surface area (Å²) in [6.45, 7) is 1.24. The van der Waals surface area contributed by atoms with Crippen LogP contribution >= 0.6 is 11.6 Å². The minimum atomic E-state index is -5.15. The molecule has 0 amide bonds. The van der Waals surface area contributed by atoms with Crippen LogP contribution in [0.1, 0.15) is 30.9 Å². The van der Waals surface area contributed by atoms with Crippen LogP contribution in [0.4, 0.5) is 22.0 Å². The molecule has 0 saturated heterocycles. The Morgan fingerprint density at radius 1 is 1.20 bits per heavy atom. The van der Waals surface area contributed by atoms with E-state index >= 15 is 0 Å². The third-order valence-corrected chi connectivity index (χ3v) is 4.71. The summed E-state index contributed by atoms with van der Waals surface area (Å²) in [4.78, 5) is 25.0. The lowest BCUT2D eigenvalue weighted by Gasteiger charge is -2.32. The lowest BCUT2D eigenvalue weighted by molar-refractivity contribution is -0.141. The van der Waals surface area contributed by atoms with Crippen molar-refractivity contribution in [2.24, 2.45) is 0 Å². The van der Waals surface area contributed by atoms with Crippen LogP contribution in [0.15, 0.2) is 34.7 Å².